The van der Waals surface area contributed by atoms with Crippen molar-refractivity contribution in [1.29, 1.82) is 5.26 Å². The molecule has 0 aliphatic carbocycles. The van der Waals surface area contributed by atoms with Crippen LogP contribution < -0.4 is 5.32 Å². The summed E-state index contributed by atoms with van der Waals surface area (Å²) in [5.41, 5.74) is 0.927. The van der Waals surface area contributed by atoms with Crippen molar-refractivity contribution in [2.75, 3.05) is 0 Å². The van der Waals surface area contributed by atoms with E-state index in [9.17, 15) is 4.39 Å². The lowest BCUT2D eigenvalue weighted by Crippen LogP contribution is -2.27. The molecular formula is C14H15FN2. The lowest BCUT2D eigenvalue weighted by Gasteiger charge is -2.12. The molecule has 0 aliphatic rings. The molecule has 1 unspecified atom stereocenters. The van der Waals surface area contributed by atoms with Crippen LogP contribution in [0.4, 0.5) is 4.39 Å². The predicted octanol–water partition coefficient (Wildman–Crippen LogP) is 2.59. The Morgan fingerprint density at radius 1 is 1.53 bits per heavy atom. The van der Waals surface area contributed by atoms with E-state index in [0.717, 1.165) is 12.8 Å². The Balaban J connectivity index is 2.69. The molecule has 88 valence electrons. The summed E-state index contributed by atoms with van der Waals surface area (Å²) >= 11 is 0. The van der Waals surface area contributed by atoms with Crippen molar-refractivity contribution >= 4 is 0 Å². The molecule has 3 heteroatoms. The van der Waals surface area contributed by atoms with E-state index in [1.807, 2.05) is 13.0 Å². The fourth-order valence-corrected chi connectivity index (χ4v) is 1.55. The van der Waals surface area contributed by atoms with E-state index < -0.39 is 0 Å². The molecule has 2 nitrogen and oxygen atoms in total. The molecule has 0 heterocycles. The monoisotopic (exact) mass is 230 g/mol. The molecule has 0 aliphatic heterocycles. The zero-order valence-electron chi connectivity index (χ0n) is 9.83. The fraction of sp³-hybridized carbons (Fsp3) is 0.357. The minimum atomic E-state index is -0.316. The molecular weight excluding hydrogens is 215 g/mol. The Morgan fingerprint density at radius 3 is 2.88 bits per heavy atom. The summed E-state index contributed by atoms with van der Waals surface area (Å²) < 4.78 is 13.4. The number of terminal acetylenes is 1. The molecule has 0 saturated carbocycles. The van der Waals surface area contributed by atoms with Gasteiger partial charge in [0.2, 0.25) is 0 Å². The predicted molar refractivity (Wildman–Crippen MR) is 65.5 cm³/mol. The van der Waals surface area contributed by atoms with Crippen LogP contribution in [0.2, 0.25) is 0 Å². The van der Waals surface area contributed by atoms with Gasteiger partial charge in [-0.05, 0) is 24.6 Å². The first-order valence-electron chi connectivity index (χ1n) is 5.59. The molecule has 0 amide bonds. The van der Waals surface area contributed by atoms with E-state index in [4.69, 9.17) is 11.7 Å². The van der Waals surface area contributed by atoms with Gasteiger partial charge >= 0.3 is 0 Å². The summed E-state index contributed by atoms with van der Waals surface area (Å²) in [6.45, 7) is 2.39. The Hall–Kier alpha value is -1.84. The Morgan fingerprint density at radius 2 is 2.29 bits per heavy atom. The van der Waals surface area contributed by atoms with Gasteiger partial charge in [0, 0.05) is 12.1 Å². The third-order valence-corrected chi connectivity index (χ3v) is 2.49. The number of benzene rings is 1. The zero-order chi connectivity index (χ0) is 12.7. The summed E-state index contributed by atoms with van der Waals surface area (Å²) in [5.74, 6) is 2.31. The Kier molecular flexibility index (Phi) is 5.20. The molecule has 0 fully saturated rings. The highest BCUT2D eigenvalue weighted by Gasteiger charge is 2.07. The van der Waals surface area contributed by atoms with E-state index in [0.29, 0.717) is 17.7 Å². The molecule has 17 heavy (non-hydrogen) atoms. The van der Waals surface area contributed by atoms with E-state index >= 15 is 0 Å². The van der Waals surface area contributed by atoms with Gasteiger partial charge in [-0.2, -0.15) is 5.26 Å². The van der Waals surface area contributed by atoms with E-state index in [-0.39, 0.29) is 11.9 Å². The lowest BCUT2D eigenvalue weighted by atomic mass is 10.1. The minimum absolute atomic E-state index is 0.0508. The third-order valence-electron chi connectivity index (χ3n) is 2.49. The van der Waals surface area contributed by atoms with Gasteiger partial charge in [0.1, 0.15) is 5.82 Å². The summed E-state index contributed by atoms with van der Waals surface area (Å²) in [6.07, 6.45) is 7.19. The van der Waals surface area contributed by atoms with Crippen LogP contribution in [0.25, 0.3) is 0 Å². The van der Waals surface area contributed by atoms with Crippen LogP contribution in [0.15, 0.2) is 18.2 Å². The highest BCUT2D eigenvalue weighted by molar-refractivity contribution is 5.33. The average Bonchev–Trinajstić information content (AvgIpc) is 2.36. The van der Waals surface area contributed by atoms with Crippen molar-refractivity contribution in [2.45, 2.75) is 32.4 Å². The van der Waals surface area contributed by atoms with Gasteiger partial charge in [0.05, 0.1) is 17.7 Å². The van der Waals surface area contributed by atoms with E-state index in [1.54, 1.807) is 6.07 Å². The number of nitriles is 1. The molecule has 1 N–H and O–H groups in total. The number of hydrogen-bond donors (Lipinski definition) is 1. The highest BCUT2D eigenvalue weighted by Crippen LogP contribution is 2.10. The van der Waals surface area contributed by atoms with Crippen LogP contribution in [-0.4, -0.2) is 6.04 Å². The van der Waals surface area contributed by atoms with E-state index in [1.165, 1.54) is 12.1 Å². The maximum atomic E-state index is 13.4. The van der Waals surface area contributed by atoms with Gasteiger partial charge in [-0.3, -0.25) is 5.32 Å². The largest absolute Gasteiger partial charge is 0.299 e. The maximum Gasteiger partial charge on any atom is 0.127 e. The number of hydrogen-bond acceptors (Lipinski definition) is 2. The van der Waals surface area contributed by atoms with Gasteiger partial charge in [-0.25, -0.2) is 4.39 Å². The smallest absolute Gasteiger partial charge is 0.127 e. The van der Waals surface area contributed by atoms with Gasteiger partial charge in [0.15, 0.2) is 0 Å². The van der Waals surface area contributed by atoms with Crippen LogP contribution in [0.5, 0.6) is 0 Å². The normalized spacial score (nSPS) is 11.5. The first-order chi connectivity index (χ1) is 8.21. The van der Waals surface area contributed by atoms with Crippen molar-refractivity contribution in [3.63, 3.8) is 0 Å². The number of nitrogens with zero attached hydrogens (tertiary/aromatic N) is 1. The van der Waals surface area contributed by atoms with Crippen molar-refractivity contribution in [3.8, 4) is 18.4 Å². The topological polar surface area (TPSA) is 35.8 Å². The summed E-state index contributed by atoms with van der Waals surface area (Å²) in [7, 11) is 0. The SMILES string of the molecule is C#CC(CCC)NCc1cc(C#N)ccc1F. The Bertz CT molecular complexity index is 454. The molecule has 1 aromatic carbocycles. The number of nitrogens with one attached hydrogen (secondary N) is 1. The van der Waals surface area contributed by atoms with Gasteiger partial charge in [-0.1, -0.05) is 19.3 Å². The van der Waals surface area contributed by atoms with E-state index in [2.05, 4.69) is 11.2 Å². The standard InChI is InChI=1S/C14H15FN2/c1-3-5-13(4-2)17-10-12-8-11(9-16)6-7-14(12)15/h2,6-8,13,17H,3,5,10H2,1H3. The summed E-state index contributed by atoms with van der Waals surface area (Å²) in [5, 5.41) is 11.8. The first kappa shape index (κ1) is 13.2. The number of halogens is 1. The molecule has 1 aromatic rings. The second-order valence-corrected chi connectivity index (χ2v) is 3.81. The van der Waals surface area contributed by atoms with Gasteiger partial charge in [-0.15, -0.1) is 6.42 Å². The molecule has 0 saturated heterocycles. The second-order valence-electron chi connectivity index (χ2n) is 3.81. The molecule has 0 bridgehead atoms. The van der Waals surface area contributed by atoms with Crippen molar-refractivity contribution in [1.82, 2.24) is 5.32 Å². The van der Waals surface area contributed by atoms with Crippen LogP contribution in [0.1, 0.15) is 30.9 Å². The van der Waals surface area contributed by atoms with Crippen LogP contribution in [0.3, 0.4) is 0 Å². The second kappa shape index (κ2) is 6.68. The molecule has 0 spiro atoms. The molecule has 0 aromatic heterocycles. The van der Waals surface area contributed by atoms with Gasteiger partial charge < -0.3 is 0 Å². The zero-order valence-corrected chi connectivity index (χ0v) is 9.83. The average molecular weight is 230 g/mol. The Labute approximate surface area is 101 Å². The maximum absolute atomic E-state index is 13.4. The van der Waals surface area contributed by atoms with Crippen LogP contribution >= 0.6 is 0 Å². The fourth-order valence-electron chi connectivity index (χ4n) is 1.55. The summed E-state index contributed by atoms with van der Waals surface area (Å²) in [6, 6.07) is 6.25. The van der Waals surface area contributed by atoms with Crippen LogP contribution in [0, 0.1) is 29.5 Å². The van der Waals surface area contributed by atoms with Gasteiger partial charge in [0.25, 0.3) is 0 Å². The third kappa shape index (κ3) is 3.90. The number of rotatable bonds is 5. The van der Waals surface area contributed by atoms with Crippen molar-refractivity contribution in [2.24, 2.45) is 0 Å². The van der Waals surface area contributed by atoms with Crippen molar-refractivity contribution < 1.29 is 4.39 Å². The minimum Gasteiger partial charge on any atom is -0.299 e. The van der Waals surface area contributed by atoms with Crippen molar-refractivity contribution in [3.05, 3.63) is 35.1 Å². The highest BCUT2D eigenvalue weighted by atomic mass is 19.1. The molecule has 1 atom stereocenters. The quantitative estimate of drug-likeness (QED) is 0.789. The molecule has 0 radical (unpaired) electrons. The van der Waals surface area contributed by atoms with Crippen LogP contribution in [-0.2, 0) is 6.54 Å². The lowest BCUT2D eigenvalue weighted by molar-refractivity contribution is 0.539. The summed E-state index contributed by atoms with van der Waals surface area (Å²) in [4.78, 5) is 0. The first-order valence-corrected chi connectivity index (χ1v) is 5.59. The molecule has 1 rings (SSSR count).